The van der Waals surface area contributed by atoms with Gasteiger partial charge in [-0.3, -0.25) is 4.79 Å². The summed E-state index contributed by atoms with van der Waals surface area (Å²) >= 11 is 5.09. The lowest BCUT2D eigenvalue weighted by molar-refractivity contribution is -0.116. The van der Waals surface area contributed by atoms with Crippen molar-refractivity contribution < 1.29 is 9.53 Å². The lowest BCUT2D eigenvalue weighted by Crippen LogP contribution is -2.19. The second kappa shape index (κ2) is 5.71. The van der Waals surface area contributed by atoms with Crippen LogP contribution in [-0.4, -0.2) is 12.2 Å². The van der Waals surface area contributed by atoms with Crippen LogP contribution in [0.15, 0.2) is 45.8 Å². The maximum absolute atomic E-state index is 11.6. The van der Waals surface area contributed by atoms with Crippen molar-refractivity contribution in [2.45, 2.75) is 10.9 Å². The Morgan fingerprint density at radius 2 is 2.05 bits per heavy atom. The molecule has 2 aromatic carbocycles. The molecule has 3 N–H and O–H groups in total. The van der Waals surface area contributed by atoms with Crippen LogP contribution in [0.2, 0.25) is 0 Å². The summed E-state index contributed by atoms with van der Waals surface area (Å²) in [5.74, 6) is 1.22. The number of hydrogen-bond acceptors (Lipinski definition) is 4. The lowest BCUT2D eigenvalue weighted by atomic mass is 10.1. The van der Waals surface area contributed by atoms with Gasteiger partial charge in [-0.2, -0.15) is 0 Å². The standard InChI is InChI=1S/C15H13BrN2O2S/c1-21-13-5-3-2-4-11(13)20-12-7-10-8(6-9(12)16)14(17)15(19)18-10/h2-7,14H,17H2,1H3,(H,18,19). The predicted molar refractivity (Wildman–Crippen MR) is 88.0 cm³/mol. The predicted octanol–water partition coefficient (Wildman–Crippen LogP) is 3.92. The molecule has 4 nitrogen and oxygen atoms in total. The van der Waals surface area contributed by atoms with E-state index in [1.165, 1.54) is 0 Å². The van der Waals surface area contributed by atoms with Gasteiger partial charge in [-0.15, -0.1) is 11.8 Å². The summed E-state index contributed by atoms with van der Waals surface area (Å²) in [4.78, 5) is 12.7. The van der Waals surface area contributed by atoms with Crippen LogP contribution >= 0.6 is 27.7 Å². The molecule has 0 aliphatic carbocycles. The Morgan fingerprint density at radius 3 is 2.81 bits per heavy atom. The average Bonchev–Trinajstić information content (AvgIpc) is 2.75. The van der Waals surface area contributed by atoms with Crippen molar-refractivity contribution in [3.63, 3.8) is 0 Å². The van der Waals surface area contributed by atoms with Gasteiger partial charge in [-0.25, -0.2) is 0 Å². The first-order chi connectivity index (χ1) is 10.1. The third kappa shape index (κ3) is 2.66. The van der Waals surface area contributed by atoms with Gasteiger partial charge in [0.05, 0.1) is 4.47 Å². The number of benzene rings is 2. The number of nitrogens with two attached hydrogens (primary N) is 1. The van der Waals surface area contributed by atoms with Crippen LogP contribution in [0.1, 0.15) is 11.6 Å². The molecule has 0 saturated carbocycles. The largest absolute Gasteiger partial charge is 0.455 e. The van der Waals surface area contributed by atoms with Crippen molar-refractivity contribution in [2.24, 2.45) is 5.73 Å². The van der Waals surface area contributed by atoms with Gasteiger partial charge in [0.2, 0.25) is 5.91 Å². The van der Waals surface area contributed by atoms with Gasteiger partial charge >= 0.3 is 0 Å². The fraction of sp³-hybridized carbons (Fsp3) is 0.133. The van der Waals surface area contributed by atoms with Crippen LogP contribution in [0, 0.1) is 0 Å². The molecule has 0 bridgehead atoms. The van der Waals surface area contributed by atoms with Gasteiger partial charge in [-0.05, 0) is 40.4 Å². The zero-order valence-electron chi connectivity index (χ0n) is 11.2. The van der Waals surface area contributed by atoms with Crippen LogP contribution in [0.5, 0.6) is 11.5 Å². The molecule has 1 aliphatic heterocycles. The number of anilines is 1. The first-order valence-corrected chi connectivity index (χ1v) is 8.32. The van der Waals surface area contributed by atoms with Crippen molar-refractivity contribution in [3.8, 4) is 11.5 Å². The van der Waals surface area contributed by atoms with E-state index < -0.39 is 6.04 Å². The van der Waals surface area contributed by atoms with Gasteiger partial charge in [0.25, 0.3) is 0 Å². The molecule has 0 spiro atoms. The summed E-state index contributed by atoms with van der Waals surface area (Å²) in [5.41, 5.74) is 7.31. The number of hydrogen-bond donors (Lipinski definition) is 2. The molecule has 1 amide bonds. The van der Waals surface area contributed by atoms with E-state index >= 15 is 0 Å². The van der Waals surface area contributed by atoms with Crippen LogP contribution < -0.4 is 15.8 Å². The molecule has 2 aromatic rings. The molecule has 1 aliphatic rings. The van der Waals surface area contributed by atoms with Crippen molar-refractivity contribution in [3.05, 3.63) is 46.4 Å². The molecular weight excluding hydrogens is 352 g/mol. The minimum Gasteiger partial charge on any atom is -0.455 e. The highest BCUT2D eigenvalue weighted by molar-refractivity contribution is 9.10. The number of rotatable bonds is 3. The van der Waals surface area contributed by atoms with Gasteiger partial charge < -0.3 is 15.8 Å². The molecular formula is C15H13BrN2O2S. The topological polar surface area (TPSA) is 64.3 Å². The number of halogens is 1. The number of fused-ring (bicyclic) bond motifs is 1. The summed E-state index contributed by atoms with van der Waals surface area (Å²) in [6.07, 6.45) is 2.00. The molecule has 0 radical (unpaired) electrons. The number of amides is 1. The number of para-hydroxylation sites is 1. The van der Waals surface area contributed by atoms with E-state index in [0.29, 0.717) is 11.4 Å². The Hall–Kier alpha value is -1.50. The highest BCUT2D eigenvalue weighted by atomic mass is 79.9. The number of thioether (sulfide) groups is 1. The minimum atomic E-state index is -0.621. The van der Waals surface area contributed by atoms with Crippen molar-refractivity contribution in [2.75, 3.05) is 11.6 Å². The zero-order valence-corrected chi connectivity index (χ0v) is 13.6. The Kier molecular flexibility index (Phi) is 3.93. The van der Waals surface area contributed by atoms with Gasteiger partial charge in [0, 0.05) is 22.2 Å². The maximum atomic E-state index is 11.6. The molecule has 1 heterocycles. The molecule has 0 aromatic heterocycles. The second-order valence-electron chi connectivity index (χ2n) is 4.59. The smallest absolute Gasteiger partial charge is 0.245 e. The number of nitrogens with one attached hydrogen (secondary N) is 1. The van der Waals surface area contributed by atoms with Gasteiger partial charge in [-0.1, -0.05) is 12.1 Å². The second-order valence-corrected chi connectivity index (χ2v) is 6.29. The van der Waals surface area contributed by atoms with Crippen molar-refractivity contribution in [1.82, 2.24) is 0 Å². The molecule has 21 heavy (non-hydrogen) atoms. The first-order valence-electron chi connectivity index (χ1n) is 6.31. The van der Waals surface area contributed by atoms with E-state index in [1.807, 2.05) is 36.6 Å². The molecule has 3 rings (SSSR count). The van der Waals surface area contributed by atoms with E-state index in [2.05, 4.69) is 21.2 Å². The SMILES string of the molecule is CSc1ccccc1Oc1cc2c(cc1Br)C(N)C(=O)N2. The molecule has 0 fully saturated rings. The van der Waals surface area contributed by atoms with Crippen LogP contribution in [-0.2, 0) is 4.79 Å². The van der Waals surface area contributed by atoms with E-state index in [4.69, 9.17) is 10.5 Å². The van der Waals surface area contributed by atoms with Crippen molar-refractivity contribution >= 4 is 39.3 Å². The lowest BCUT2D eigenvalue weighted by Gasteiger charge is -2.12. The normalized spacial score (nSPS) is 16.5. The Balaban J connectivity index is 1.98. The van der Waals surface area contributed by atoms with Crippen LogP contribution in [0.4, 0.5) is 5.69 Å². The molecule has 0 saturated heterocycles. The fourth-order valence-electron chi connectivity index (χ4n) is 2.19. The van der Waals surface area contributed by atoms with Crippen LogP contribution in [0.25, 0.3) is 0 Å². The quantitative estimate of drug-likeness (QED) is 0.810. The summed E-state index contributed by atoms with van der Waals surface area (Å²) in [6.45, 7) is 0. The van der Waals surface area contributed by atoms with E-state index in [-0.39, 0.29) is 5.91 Å². The molecule has 6 heteroatoms. The maximum Gasteiger partial charge on any atom is 0.245 e. The third-order valence-electron chi connectivity index (χ3n) is 3.27. The monoisotopic (exact) mass is 364 g/mol. The zero-order chi connectivity index (χ0) is 15.0. The van der Waals surface area contributed by atoms with Crippen molar-refractivity contribution in [1.29, 1.82) is 0 Å². The number of carbonyl (C=O) groups is 1. The highest BCUT2D eigenvalue weighted by Crippen LogP contribution is 2.41. The fourth-order valence-corrected chi connectivity index (χ4v) is 3.15. The molecule has 1 unspecified atom stereocenters. The van der Waals surface area contributed by atoms with Crippen LogP contribution in [0.3, 0.4) is 0 Å². The Labute approximate surface area is 135 Å². The van der Waals surface area contributed by atoms with E-state index in [1.54, 1.807) is 17.8 Å². The Bertz CT molecular complexity index is 721. The minimum absolute atomic E-state index is 0.196. The summed E-state index contributed by atoms with van der Waals surface area (Å²) in [7, 11) is 0. The first kappa shape index (κ1) is 14.4. The van der Waals surface area contributed by atoms with Gasteiger partial charge in [0.1, 0.15) is 17.5 Å². The number of ether oxygens (including phenoxy) is 1. The van der Waals surface area contributed by atoms with E-state index in [0.717, 1.165) is 20.7 Å². The summed E-state index contributed by atoms with van der Waals surface area (Å²) < 4.78 is 6.73. The average molecular weight is 365 g/mol. The number of carbonyl (C=O) groups excluding carboxylic acids is 1. The summed E-state index contributed by atoms with van der Waals surface area (Å²) in [6, 6.07) is 10.8. The molecule has 108 valence electrons. The summed E-state index contributed by atoms with van der Waals surface area (Å²) in [5, 5.41) is 2.76. The highest BCUT2D eigenvalue weighted by Gasteiger charge is 2.28. The van der Waals surface area contributed by atoms with Gasteiger partial charge in [0.15, 0.2) is 0 Å². The Morgan fingerprint density at radius 1 is 1.29 bits per heavy atom. The molecule has 1 atom stereocenters. The third-order valence-corrected chi connectivity index (χ3v) is 4.67. The van der Waals surface area contributed by atoms with E-state index in [9.17, 15) is 4.79 Å².